The third-order valence-corrected chi connectivity index (χ3v) is 7.35. The highest BCUT2D eigenvalue weighted by molar-refractivity contribution is 5.95. The van der Waals surface area contributed by atoms with Crippen LogP contribution in [0, 0.1) is 0 Å². The molecule has 0 saturated carbocycles. The van der Waals surface area contributed by atoms with Gasteiger partial charge in [-0.1, -0.05) is 91.0 Å². The molecule has 42 heavy (non-hydrogen) atoms. The highest BCUT2D eigenvalue weighted by atomic mass is 19.4. The number of rotatable bonds is 8. The molecule has 0 N–H and O–H groups in total. The summed E-state index contributed by atoms with van der Waals surface area (Å²) in [4.78, 5) is 34.9. The van der Waals surface area contributed by atoms with Gasteiger partial charge in [0.05, 0.1) is 0 Å². The molecule has 214 valence electrons. The van der Waals surface area contributed by atoms with Gasteiger partial charge in [0.1, 0.15) is 11.7 Å². The minimum absolute atomic E-state index is 0.151. The summed E-state index contributed by atoms with van der Waals surface area (Å²) < 4.78 is 38.8. The topological polar surface area (TPSA) is 53.5 Å². The average Bonchev–Trinajstić information content (AvgIpc) is 3.01. The van der Waals surface area contributed by atoms with E-state index in [1.54, 1.807) is 4.90 Å². The normalized spacial score (nSPS) is 13.9. The van der Waals surface area contributed by atoms with Crippen LogP contribution in [0.4, 0.5) is 13.2 Å². The van der Waals surface area contributed by atoms with E-state index in [9.17, 15) is 22.8 Å². The lowest BCUT2D eigenvalue weighted by Crippen LogP contribution is -2.52. The Kier molecular flexibility index (Phi) is 8.81. The van der Waals surface area contributed by atoms with E-state index in [0.717, 1.165) is 35.4 Å². The van der Waals surface area contributed by atoms with E-state index in [-0.39, 0.29) is 12.5 Å². The third-order valence-electron chi connectivity index (χ3n) is 7.35. The Morgan fingerprint density at radius 3 is 2.14 bits per heavy atom. The first kappa shape index (κ1) is 28.8. The summed E-state index contributed by atoms with van der Waals surface area (Å²) in [5, 5.41) is 0. The number of halogens is 3. The molecule has 3 aromatic carbocycles. The van der Waals surface area contributed by atoms with Crippen LogP contribution in [0.25, 0.3) is 6.08 Å². The molecule has 2 amide bonds. The molecule has 1 aromatic heterocycles. The fourth-order valence-corrected chi connectivity index (χ4v) is 5.12. The van der Waals surface area contributed by atoms with E-state index < -0.39 is 23.8 Å². The number of pyridine rings is 1. The number of hydrogen-bond acceptors (Lipinski definition) is 3. The van der Waals surface area contributed by atoms with Crippen molar-refractivity contribution in [1.82, 2.24) is 14.8 Å². The van der Waals surface area contributed by atoms with Gasteiger partial charge in [0, 0.05) is 38.3 Å². The number of alkyl halides is 3. The van der Waals surface area contributed by atoms with Crippen molar-refractivity contribution in [3.63, 3.8) is 0 Å². The van der Waals surface area contributed by atoms with Gasteiger partial charge in [-0.3, -0.25) is 14.6 Å². The molecule has 4 aromatic rings. The van der Waals surface area contributed by atoms with Crippen LogP contribution in [0.2, 0.25) is 0 Å². The number of hydrogen-bond donors (Lipinski definition) is 0. The summed E-state index contributed by atoms with van der Waals surface area (Å²) in [7, 11) is 0. The first-order valence-electron chi connectivity index (χ1n) is 13.7. The number of carbonyl (C=O) groups excluding carboxylic acids is 2. The van der Waals surface area contributed by atoms with Crippen molar-refractivity contribution < 1.29 is 22.8 Å². The summed E-state index contributed by atoms with van der Waals surface area (Å²) in [6.07, 6.45) is 0.286. The molecule has 1 aliphatic heterocycles. The van der Waals surface area contributed by atoms with Gasteiger partial charge in [-0.15, -0.1) is 0 Å². The van der Waals surface area contributed by atoms with Gasteiger partial charge in [0.2, 0.25) is 11.8 Å². The number of nitrogens with zero attached hydrogens (tertiary/aromatic N) is 3. The predicted octanol–water partition coefficient (Wildman–Crippen LogP) is 6.34. The van der Waals surface area contributed by atoms with Gasteiger partial charge in [-0.25, -0.2) is 0 Å². The van der Waals surface area contributed by atoms with Crippen molar-refractivity contribution in [2.24, 2.45) is 0 Å². The highest BCUT2D eigenvalue weighted by Gasteiger charge is 2.34. The maximum absolute atomic E-state index is 14.2. The lowest BCUT2D eigenvalue weighted by atomic mass is 9.97. The van der Waals surface area contributed by atoms with Crippen LogP contribution in [0.1, 0.15) is 33.5 Å². The second-order valence-electron chi connectivity index (χ2n) is 10.2. The maximum atomic E-state index is 14.2. The molecule has 5 nitrogen and oxygen atoms in total. The first-order chi connectivity index (χ1) is 20.3. The maximum Gasteiger partial charge on any atom is 0.433 e. The molecule has 1 aliphatic rings. The molecule has 0 saturated heterocycles. The fourth-order valence-electron chi connectivity index (χ4n) is 5.12. The Morgan fingerprint density at radius 1 is 0.857 bits per heavy atom. The molecule has 0 bridgehead atoms. The minimum atomic E-state index is -4.55. The molecule has 2 heterocycles. The predicted molar refractivity (Wildman–Crippen MR) is 155 cm³/mol. The summed E-state index contributed by atoms with van der Waals surface area (Å²) in [5.41, 5.74) is 3.40. The summed E-state index contributed by atoms with van der Waals surface area (Å²) >= 11 is 0. The molecule has 5 rings (SSSR count). The Morgan fingerprint density at radius 2 is 1.50 bits per heavy atom. The zero-order valence-electron chi connectivity index (χ0n) is 22.9. The van der Waals surface area contributed by atoms with Crippen LogP contribution in [0.5, 0.6) is 0 Å². The second-order valence-corrected chi connectivity index (χ2v) is 10.2. The number of aromatic nitrogens is 1. The molecule has 8 heteroatoms. The molecular weight excluding hydrogens is 539 g/mol. The van der Waals surface area contributed by atoms with E-state index in [0.29, 0.717) is 25.1 Å². The molecular formula is C34H30F3N3O2. The molecule has 0 fully saturated rings. The molecule has 1 atom stereocenters. The molecule has 0 aliphatic carbocycles. The van der Waals surface area contributed by atoms with Crippen molar-refractivity contribution in [3.8, 4) is 0 Å². The van der Waals surface area contributed by atoms with E-state index in [1.165, 1.54) is 23.8 Å². The van der Waals surface area contributed by atoms with Crippen molar-refractivity contribution in [1.29, 1.82) is 0 Å². The van der Waals surface area contributed by atoms with E-state index in [1.807, 2.05) is 83.8 Å². The molecule has 0 unspecified atom stereocenters. The number of carbonyl (C=O) groups is 2. The fraction of sp³-hybridized carbons (Fsp3) is 0.206. The lowest BCUT2D eigenvalue weighted by Gasteiger charge is -2.36. The van der Waals surface area contributed by atoms with Gasteiger partial charge in [0.15, 0.2) is 0 Å². The standard InChI is InChI=1S/C34H30F3N3O2/c35-34(36,37)31-17-15-26(22-38-31)16-18-32(41)40(23-27-11-5-2-6-12-27)30(21-25-9-3-1-4-10-25)33(42)39-20-19-28-13-7-8-14-29(28)24-39/h1-18,22,30H,19-21,23-24H2/b18-16+/t30-/m0/s1. The van der Waals surface area contributed by atoms with E-state index in [2.05, 4.69) is 11.1 Å². The zero-order chi connectivity index (χ0) is 29.5. The Hall–Kier alpha value is -4.72. The van der Waals surface area contributed by atoms with Crippen LogP contribution < -0.4 is 0 Å². The van der Waals surface area contributed by atoms with Gasteiger partial charge < -0.3 is 9.80 Å². The Bertz CT molecular complexity index is 1540. The first-order valence-corrected chi connectivity index (χ1v) is 13.7. The van der Waals surface area contributed by atoms with Crippen molar-refractivity contribution in [2.45, 2.75) is 38.1 Å². The van der Waals surface area contributed by atoms with Crippen molar-refractivity contribution >= 4 is 17.9 Å². The van der Waals surface area contributed by atoms with Crippen LogP contribution in [0.15, 0.2) is 109 Å². The number of benzene rings is 3. The SMILES string of the molecule is O=C([C@H](Cc1ccccc1)N(Cc1ccccc1)C(=O)/C=C/c1ccc(C(F)(F)F)nc1)N1CCc2ccccc2C1. The van der Waals surface area contributed by atoms with Crippen LogP contribution in [-0.4, -0.2) is 39.2 Å². The third kappa shape index (κ3) is 7.13. The Balaban J connectivity index is 1.47. The smallest absolute Gasteiger partial charge is 0.336 e. The second kappa shape index (κ2) is 12.9. The molecule has 0 radical (unpaired) electrons. The summed E-state index contributed by atoms with van der Waals surface area (Å²) in [6, 6.07) is 28.4. The Labute approximate surface area is 242 Å². The minimum Gasteiger partial charge on any atom is -0.336 e. The monoisotopic (exact) mass is 569 g/mol. The summed E-state index contributed by atoms with van der Waals surface area (Å²) in [6.45, 7) is 1.19. The van der Waals surface area contributed by atoms with Gasteiger partial charge in [-0.05, 0) is 46.4 Å². The van der Waals surface area contributed by atoms with Crippen LogP contribution >= 0.6 is 0 Å². The number of fused-ring (bicyclic) bond motifs is 1. The average molecular weight is 570 g/mol. The van der Waals surface area contributed by atoms with Gasteiger partial charge >= 0.3 is 6.18 Å². The van der Waals surface area contributed by atoms with Crippen molar-refractivity contribution in [3.05, 3.63) is 143 Å². The number of amides is 2. The van der Waals surface area contributed by atoms with Crippen LogP contribution in [-0.2, 0) is 41.7 Å². The lowest BCUT2D eigenvalue weighted by molar-refractivity contribution is -0.144. The van der Waals surface area contributed by atoms with Crippen LogP contribution in [0.3, 0.4) is 0 Å². The highest BCUT2D eigenvalue weighted by Crippen LogP contribution is 2.27. The van der Waals surface area contributed by atoms with Crippen molar-refractivity contribution in [2.75, 3.05) is 6.54 Å². The molecule has 0 spiro atoms. The largest absolute Gasteiger partial charge is 0.433 e. The van der Waals surface area contributed by atoms with Gasteiger partial charge in [-0.2, -0.15) is 13.2 Å². The van der Waals surface area contributed by atoms with E-state index >= 15 is 0 Å². The van der Waals surface area contributed by atoms with Gasteiger partial charge in [0.25, 0.3) is 0 Å². The quantitative estimate of drug-likeness (QED) is 0.233. The summed E-state index contributed by atoms with van der Waals surface area (Å²) in [5.74, 6) is -0.576. The zero-order valence-corrected chi connectivity index (χ0v) is 22.9. The van der Waals surface area contributed by atoms with E-state index in [4.69, 9.17) is 0 Å².